The lowest BCUT2D eigenvalue weighted by molar-refractivity contribution is -0.186. The number of ketones is 1. The van der Waals surface area contributed by atoms with Crippen LogP contribution >= 0.6 is 11.6 Å². The molecule has 0 bridgehead atoms. The summed E-state index contributed by atoms with van der Waals surface area (Å²) in [5.41, 5.74) is 0.475. The highest BCUT2D eigenvalue weighted by molar-refractivity contribution is 6.30. The lowest BCUT2D eigenvalue weighted by Crippen LogP contribution is -2.43. The van der Waals surface area contributed by atoms with Crippen LogP contribution in [0, 0.1) is 5.92 Å². The average molecular weight is 306 g/mol. The molecule has 0 amide bonds. The van der Waals surface area contributed by atoms with Gasteiger partial charge in [0.2, 0.25) is 0 Å². The Morgan fingerprint density at radius 1 is 1.30 bits per heavy atom. The van der Waals surface area contributed by atoms with Crippen molar-refractivity contribution in [2.45, 2.75) is 19.0 Å². The minimum Gasteiger partial charge on any atom is -0.295 e. The summed E-state index contributed by atoms with van der Waals surface area (Å²) < 4.78 is 38.1. The van der Waals surface area contributed by atoms with Crippen LogP contribution in [0.4, 0.5) is 13.2 Å². The Bertz CT molecular complexity index is 472. The molecule has 1 aromatic carbocycles. The maximum Gasteiger partial charge on any atom is 0.393 e. The molecule has 1 aliphatic heterocycles. The minimum absolute atomic E-state index is 0.0220. The molecule has 6 heteroatoms. The van der Waals surface area contributed by atoms with Gasteiger partial charge in [0.15, 0.2) is 5.78 Å². The molecule has 0 aromatic heterocycles. The first-order chi connectivity index (χ1) is 9.36. The first-order valence-electron chi connectivity index (χ1n) is 6.44. The molecular weight excluding hydrogens is 291 g/mol. The van der Waals surface area contributed by atoms with E-state index in [1.165, 1.54) is 0 Å². The van der Waals surface area contributed by atoms with E-state index in [9.17, 15) is 18.0 Å². The van der Waals surface area contributed by atoms with Gasteiger partial charge in [-0.15, -0.1) is 0 Å². The summed E-state index contributed by atoms with van der Waals surface area (Å²) in [6, 6.07) is 6.39. The van der Waals surface area contributed by atoms with Crippen LogP contribution in [0.25, 0.3) is 0 Å². The van der Waals surface area contributed by atoms with Crippen molar-refractivity contribution in [2.24, 2.45) is 5.92 Å². The maximum atomic E-state index is 12.7. The van der Waals surface area contributed by atoms with Gasteiger partial charge in [-0.1, -0.05) is 11.6 Å². The van der Waals surface area contributed by atoms with Crippen molar-refractivity contribution < 1.29 is 18.0 Å². The number of benzene rings is 1. The van der Waals surface area contributed by atoms with E-state index in [-0.39, 0.29) is 25.3 Å². The van der Waals surface area contributed by atoms with Gasteiger partial charge in [0.05, 0.1) is 12.5 Å². The van der Waals surface area contributed by atoms with Crippen molar-refractivity contribution in [1.82, 2.24) is 4.90 Å². The number of carbonyl (C=O) groups excluding carboxylic acids is 1. The van der Waals surface area contributed by atoms with Crippen molar-refractivity contribution in [3.8, 4) is 0 Å². The Kier molecular flexibility index (Phi) is 4.70. The van der Waals surface area contributed by atoms with Crippen LogP contribution in [-0.2, 0) is 0 Å². The molecule has 0 saturated carbocycles. The number of rotatable bonds is 3. The summed E-state index contributed by atoms with van der Waals surface area (Å²) >= 11 is 5.73. The number of hydrogen-bond donors (Lipinski definition) is 0. The Labute approximate surface area is 120 Å². The number of halogens is 4. The quantitative estimate of drug-likeness (QED) is 0.792. The first kappa shape index (κ1) is 15.3. The summed E-state index contributed by atoms with van der Waals surface area (Å²) in [6.45, 7) is 0.461. The van der Waals surface area contributed by atoms with E-state index in [0.29, 0.717) is 23.6 Å². The van der Waals surface area contributed by atoms with Gasteiger partial charge in [0.1, 0.15) is 0 Å². The van der Waals surface area contributed by atoms with E-state index in [4.69, 9.17) is 11.6 Å². The normalized spacial score (nSPS) is 20.9. The third-order valence-corrected chi connectivity index (χ3v) is 3.75. The van der Waals surface area contributed by atoms with E-state index in [0.717, 1.165) is 0 Å². The van der Waals surface area contributed by atoms with Crippen LogP contribution in [0.1, 0.15) is 23.2 Å². The van der Waals surface area contributed by atoms with Gasteiger partial charge in [0.25, 0.3) is 0 Å². The van der Waals surface area contributed by atoms with Crippen LogP contribution in [0.5, 0.6) is 0 Å². The highest BCUT2D eigenvalue weighted by Gasteiger charge is 2.41. The molecule has 1 heterocycles. The SMILES string of the molecule is O=C(CN1CCCC(C(F)(F)F)C1)c1ccc(Cl)cc1. The summed E-state index contributed by atoms with van der Waals surface area (Å²) in [4.78, 5) is 13.6. The molecular formula is C14H15ClF3NO. The zero-order valence-corrected chi connectivity index (χ0v) is 11.5. The topological polar surface area (TPSA) is 20.3 Å². The molecule has 0 N–H and O–H groups in total. The number of Topliss-reactive ketones (excluding diaryl/α,β-unsaturated/α-hetero) is 1. The summed E-state index contributed by atoms with van der Waals surface area (Å²) in [7, 11) is 0. The molecule has 0 aliphatic carbocycles. The van der Waals surface area contributed by atoms with E-state index in [1.807, 2.05) is 0 Å². The number of hydrogen-bond acceptors (Lipinski definition) is 2. The van der Waals surface area contributed by atoms with Gasteiger partial charge in [-0.05, 0) is 43.7 Å². The standard InChI is InChI=1S/C14H15ClF3NO/c15-12-5-3-10(4-6-12)13(20)9-19-7-1-2-11(8-19)14(16,17)18/h3-6,11H,1-2,7-9H2. The van der Waals surface area contributed by atoms with Gasteiger partial charge in [-0.25, -0.2) is 0 Å². The van der Waals surface area contributed by atoms with Gasteiger partial charge in [0, 0.05) is 17.1 Å². The van der Waals surface area contributed by atoms with Crippen LogP contribution in [0.3, 0.4) is 0 Å². The molecule has 20 heavy (non-hydrogen) atoms. The second-order valence-corrected chi connectivity index (χ2v) is 5.48. The monoisotopic (exact) mass is 305 g/mol. The number of piperidine rings is 1. The first-order valence-corrected chi connectivity index (χ1v) is 6.82. The van der Waals surface area contributed by atoms with Crippen molar-refractivity contribution in [1.29, 1.82) is 0 Å². The molecule has 1 unspecified atom stereocenters. The highest BCUT2D eigenvalue weighted by atomic mass is 35.5. The summed E-state index contributed by atoms with van der Waals surface area (Å²) in [5.74, 6) is -1.50. The number of likely N-dealkylation sites (tertiary alicyclic amines) is 1. The van der Waals surface area contributed by atoms with E-state index < -0.39 is 12.1 Å². The molecule has 2 nitrogen and oxygen atoms in total. The average Bonchev–Trinajstić information content (AvgIpc) is 2.38. The number of carbonyl (C=O) groups is 1. The fourth-order valence-electron chi connectivity index (χ4n) is 2.40. The largest absolute Gasteiger partial charge is 0.393 e. The molecule has 1 atom stereocenters. The van der Waals surface area contributed by atoms with Gasteiger partial charge in [-0.3, -0.25) is 9.69 Å². The molecule has 2 rings (SSSR count). The van der Waals surface area contributed by atoms with Crippen LogP contribution in [0.15, 0.2) is 24.3 Å². The Hall–Kier alpha value is -1.07. The highest BCUT2D eigenvalue weighted by Crippen LogP contribution is 2.33. The smallest absolute Gasteiger partial charge is 0.295 e. The third-order valence-electron chi connectivity index (χ3n) is 3.50. The van der Waals surface area contributed by atoms with Gasteiger partial charge in [-0.2, -0.15) is 13.2 Å². The van der Waals surface area contributed by atoms with Gasteiger partial charge >= 0.3 is 6.18 Å². The predicted molar refractivity (Wildman–Crippen MR) is 71.0 cm³/mol. The van der Waals surface area contributed by atoms with Crippen LogP contribution < -0.4 is 0 Å². The zero-order chi connectivity index (χ0) is 14.8. The Balaban J connectivity index is 1.96. The van der Waals surface area contributed by atoms with E-state index >= 15 is 0 Å². The minimum atomic E-state index is -4.18. The Morgan fingerprint density at radius 2 is 1.95 bits per heavy atom. The number of alkyl halides is 3. The van der Waals surface area contributed by atoms with Crippen LogP contribution in [-0.4, -0.2) is 36.5 Å². The van der Waals surface area contributed by atoms with Crippen molar-refractivity contribution >= 4 is 17.4 Å². The molecule has 1 saturated heterocycles. The van der Waals surface area contributed by atoms with Crippen LogP contribution in [0.2, 0.25) is 5.02 Å². The zero-order valence-electron chi connectivity index (χ0n) is 10.8. The van der Waals surface area contributed by atoms with Gasteiger partial charge < -0.3 is 0 Å². The fourth-order valence-corrected chi connectivity index (χ4v) is 2.52. The summed E-state index contributed by atoms with van der Waals surface area (Å²) in [5, 5.41) is 0.525. The van der Waals surface area contributed by atoms with Crippen molar-refractivity contribution in [3.05, 3.63) is 34.9 Å². The Morgan fingerprint density at radius 3 is 2.55 bits per heavy atom. The second-order valence-electron chi connectivity index (χ2n) is 5.05. The van der Waals surface area contributed by atoms with Crippen molar-refractivity contribution in [2.75, 3.05) is 19.6 Å². The molecule has 1 fully saturated rings. The summed E-state index contributed by atoms with van der Waals surface area (Å²) in [6.07, 6.45) is -3.56. The molecule has 0 spiro atoms. The lowest BCUT2D eigenvalue weighted by Gasteiger charge is -2.33. The van der Waals surface area contributed by atoms with E-state index in [2.05, 4.69) is 0 Å². The number of nitrogens with zero attached hydrogens (tertiary/aromatic N) is 1. The van der Waals surface area contributed by atoms with Crippen molar-refractivity contribution in [3.63, 3.8) is 0 Å². The maximum absolute atomic E-state index is 12.7. The predicted octanol–water partition coefficient (Wildman–Crippen LogP) is 3.80. The lowest BCUT2D eigenvalue weighted by atomic mass is 9.97. The van der Waals surface area contributed by atoms with E-state index in [1.54, 1.807) is 29.2 Å². The second kappa shape index (κ2) is 6.14. The fraction of sp³-hybridized carbons (Fsp3) is 0.500. The molecule has 0 radical (unpaired) electrons. The third kappa shape index (κ3) is 3.96. The molecule has 1 aliphatic rings. The molecule has 110 valence electrons. The molecule has 1 aromatic rings.